The Bertz CT molecular complexity index is 1130. The normalized spacial score (nSPS) is 11.4. The highest BCUT2D eigenvalue weighted by molar-refractivity contribution is 7.16. The molecule has 0 fully saturated rings. The molecule has 1 aromatic heterocycles. The van der Waals surface area contributed by atoms with Crippen LogP contribution in [0.1, 0.15) is 21.5 Å². The van der Waals surface area contributed by atoms with Crippen molar-refractivity contribution in [1.82, 2.24) is 4.57 Å². The molecule has 2 aromatic carbocycles. The van der Waals surface area contributed by atoms with Crippen molar-refractivity contribution in [2.24, 2.45) is 4.99 Å². The largest absolute Gasteiger partial charge is 0.493 e. The van der Waals surface area contributed by atoms with Crippen LogP contribution in [0.2, 0.25) is 0 Å². The summed E-state index contributed by atoms with van der Waals surface area (Å²) < 4.78 is 13.4. The van der Waals surface area contributed by atoms with Gasteiger partial charge in [0, 0.05) is 5.56 Å². The van der Waals surface area contributed by atoms with E-state index >= 15 is 0 Å². The van der Waals surface area contributed by atoms with E-state index in [9.17, 15) is 4.79 Å². The van der Waals surface area contributed by atoms with Crippen LogP contribution in [0, 0.1) is 26.2 Å². The van der Waals surface area contributed by atoms with Crippen LogP contribution in [0.25, 0.3) is 10.2 Å². The van der Waals surface area contributed by atoms with Gasteiger partial charge >= 0.3 is 0 Å². The standard InChI is InChI=1S/C21H20N2O3S/c1-6-9-23-19-14(3)10-13(2)11-18(19)27-21(23)22-20(24)15-7-8-16(25-4)17(12-15)26-5/h1,7-8,10-12H,9H2,2-5H3. The molecule has 138 valence electrons. The maximum absolute atomic E-state index is 12.7. The van der Waals surface area contributed by atoms with Gasteiger partial charge in [-0.05, 0) is 49.2 Å². The maximum atomic E-state index is 12.7. The SMILES string of the molecule is C#CCn1c(=NC(=O)c2ccc(OC)c(OC)c2)sc2cc(C)cc(C)c21. The number of methoxy groups -OCH3 is 2. The third-order valence-electron chi connectivity index (χ3n) is 4.19. The number of benzene rings is 2. The summed E-state index contributed by atoms with van der Waals surface area (Å²) in [6, 6.07) is 9.16. The Balaban J connectivity index is 2.15. The molecule has 0 N–H and O–H groups in total. The Hall–Kier alpha value is -3.04. The van der Waals surface area contributed by atoms with Crippen molar-refractivity contribution in [3.63, 3.8) is 0 Å². The van der Waals surface area contributed by atoms with Crippen molar-refractivity contribution in [2.75, 3.05) is 14.2 Å². The lowest BCUT2D eigenvalue weighted by molar-refractivity contribution is 0.0997. The first-order valence-corrected chi connectivity index (χ1v) is 9.15. The average molecular weight is 380 g/mol. The second-order valence-corrected chi connectivity index (χ2v) is 7.10. The lowest BCUT2D eigenvalue weighted by Crippen LogP contribution is -2.17. The van der Waals surface area contributed by atoms with E-state index in [1.807, 2.05) is 18.4 Å². The van der Waals surface area contributed by atoms with E-state index in [4.69, 9.17) is 15.9 Å². The highest BCUT2D eigenvalue weighted by Crippen LogP contribution is 2.28. The van der Waals surface area contributed by atoms with E-state index in [1.165, 1.54) is 18.4 Å². The van der Waals surface area contributed by atoms with Gasteiger partial charge in [-0.1, -0.05) is 23.3 Å². The third kappa shape index (κ3) is 3.60. The van der Waals surface area contributed by atoms with Crippen molar-refractivity contribution in [3.05, 3.63) is 51.8 Å². The summed E-state index contributed by atoms with van der Waals surface area (Å²) in [5.41, 5.74) is 3.70. The Morgan fingerprint density at radius 1 is 1.19 bits per heavy atom. The fourth-order valence-corrected chi connectivity index (χ4v) is 4.24. The lowest BCUT2D eigenvalue weighted by Gasteiger charge is -2.07. The number of rotatable bonds is 4. The van der Waals surface area contributed by atoms with Crippen LogP contribution in [0.3, 0.4) is 0 Å². The fourth-order valence-electron chi connectivity index (χ4n) is 3.04. The molecule has 0 saturated heterocycles. The van der Waals surface area contributed by atoms with Gasteiger partial charge in [0.1, 0.15) is 0 Å². The van der Waals surface area contributed by atoms with E-state index < -0.39 is 0 Å². The summed E-state index contributed by atoms with van der Waals surface area (Å²) in [5, 5.41) is 0. The zero-order chi connectivity index (χ0) is 19.6. The molecule has 1 heterocycles. The predicted octanol–water partition coefficient (Wildman–Crippen LogP) is 3.71. The molecule has 3 aromatic rings. The molecule has 0 aliphatic heterocycles. The van der Waals surface area contributed by atoms with E-state index in [-0.39, 0.29) is 5.91 Å². The Morgan fingerprint density at radius 2 is 1.93 bits per heavy atom. The van der Waals surface area contributed by atoms with E-state index in [2.05, 4.69) is 23.0 Å². The maximum Gasteiger partial charge on any atom is 0.279 e. The lowest BCUT2D eigenvalue weighted by atomic mass is 10.1. The molecule has 0 aliphatic rings. The number of thiazole rings is 1. The van der Waals surface area contributed by atoms with Crippen molar-refractivity contribution in [1.29, 1.82) is 0 Å². The minimum absolute atomic E-state index is 0.349. The monoisotopic (exact) mass is 380 g/mol. The molecule has 3 rings (SSSR count). The first-order valence-electron chi connectivity index (χ1n) is 8.33. The zero-order valence-corrected chi connectivity index (χ0v) is 16.5. The van der Waals surface area contributed by atoms with Crippen LogP contribution in [-0.4, -0.2) is 24.7 Å². The Labute approximate surface area is 161 Å². The molecule has 0 unspecified atom stereocenters. The summed E-state index contributed by atoms with van der Waals surface area (Å²) in [7, 11) is 3.08. The molecule has 1 amide bonds. The van der Waals surface area contributed by atoms with Crippen LogP contribution >= 0.6 is 11.3 Å². The molecule has 0 bridgehead atoms. The van der Waals surface area contributed by atoms with Crippen molar-refractivity contribution in [3.8, 4) is 23.8 Å². The first kappa shape index (κ1) is 18.7. The summed E-state index contributed by atoms with van der Waals surface area (Å²) in [6.07, 6.45) is 5.55. The predicted molar refractivity (Wildman–Crippen MR) is 108 cm³/mol. The second kappa shape index (κ2) is 7.68. The average Bonchev–Trinajstić information content (AvgIpc) is 2.98. The molecule has 0 spiro atoms. The molecule has 5 nitrogen and oxygen atoms in total. The van der Waals surface area contributed by atoms with E-state index in [0.29, 0.717) is 28.4 Å². The van der Waals surface area contributed by atoms with Crippen LogP contribution in [0.4, 0.5) is 0 Å². The number of aryl methyl sites for hydroxylation is 2. The quantitative estimate of drug-likeness (QED) is 0.649. The summed E-state index contributed by atoms with van der Waals surface area (Å²) in [4.78, 5) is 17.7. The summed E-state index contributed by atoms with van der Waals surface area (Å²) >= 11 is 1.46. The molecule has 27 heavy (non-hydrogen) atoms. The molecule has 0 radical (unpaired) electrons. The van der Waals surface area contributed by atoms with Gasteiger partial charge < -0.3 is 14.0 Å². The number of fused-ring (bicyclic) bond motifs is 1. The minimum Gasteiger partial charge on any atom is -0.493 e. The van der Waals surface area contributed by atoms with Gasteiger partial charge in [-0.15, -0.1) is 6.42 Å². The molecule has 0 aliphatic carbocycles. The van der Waals surface area contributed by atoms with E-state index in [1.54, 1.807) is 25.3 Å². The topological polar surface area (TPSA) is 52.8 Å². The second-order valence-electron chi connectivity index (χ2n) is 6.09. The van der Waals surface area contributed by atoms with Crippen molar-refractivity contribution in [2.45, 2.75) is 20.4 Å². The van der Waals surface area contributed by atoms with Gasteiger partial charge in [0.25, 0.3) is 5.91 Å². The highest BCUT2D eigenvalue weighted by atomic mass is 32.1. The van der Waals surface area contributed by atoms with Crippen LogP contribution < -0.4 is 14.3 Å². The number of carbonyl (C=O) groups is 1. The van der Waals surface area contributed by atoms with Gasteiger partial charge in [0.05, 0.1) is 31.0 Å². The van der Waals surface area contributed by atoms with Crippen LogP contribution in [0.15, 0.2) is 35.3 Å². The van der Waals surface area contributed by atoms with Gasteiger partial charge in [-0.3, -0.25) is 4.79 Å². The van der Waals surface area contributed by atoms with E-state index in [0.717, 1.165) is 21.3 Å². The number of carbonyl (C=O) groups excluding carboxylic acids is 1. The first-order chi connectivity index (χ1) is 13.0. The minimum atomic E-state index is -0.359. The smallest absolute Gasteiger partial charge is 0.279 e. The number of nitrogens with zero attached hydrogens (tertiary/aromatic N) is 2. The van der Waals surface area contributed by atoms with Crippen LogP contribution in [-0.2, 0) is 6.54 Å². The number of hydrogen-bond donors (Lipinski definition) is 0. The van der Waals surface area contributed by atoms with Crippen molar-refractivity contribution >= 4 is 27.5 Å². The van der Waals surface area contributed by atoms with Gasteiger partial charge in [0.2, 0.25) is 0 Å². The van der Waals surface area contributed by atoms with Crippen molar-refractivity contribution < 1.29 is 14.3 Å². The number of ether oxygens (including phenoxy) is 2. The number of terminal acetylenes is 1. The zero-order valence-electron chi connectivity index (χ0n) is 15.7. The Morgan fingerprint density at radius 3 is 2.59 bits per heavy atom. The molecule has 0 atom stereocenters. The third-order valence-corrected chi connectivity index (χ3v) is 5.21. The highest BCUT2D eigenvalue weighted by Gasteiger charge is 2.13. The fraction of sp³-hybridized carbons (Fsp3) is 0.238. The van der Waals surface area contributed by atoms with Gasteiger partial charge in [-0.25, -0.2) is 0 Å². The summed E-state index contributed by atoms with van der Waals surface area (Å²) in [5.74, 6) is 3.34. The number of hydrogen-bond acceptors (Lipinski definition) is 4. The molecule has 0 saturated carbocycles. The number of aromatic nitrogens is 1. The molecular weight excluding hydrogens is 360 g/mol. The van der Waals surface area contributed by atoms with Crippen LogP contribution in [0.5, 0.6) is 11.5 Å². The summed E-state index contributed by atoms with van der Waals surface area (Å²) in [6.45, 7) is 4.43. The Kier molecular flexibility index (Phi) is 5.33. The van der Waals surface area contributed by atoms with Gasteiger partial charge in [0.15, 0.2) is 16.3 Å². The van der Waals surface area contributed by atoms with Gasteiger partial charge in [-0.2, -0.15) is 4.99 Å². The molecule has 6 heteroatoms. The molecular formula is C21H20N2O3S. The number of amides is 1.